The maximum absolute atomic E-state index is 12.9. The van der Waals surface area contributed by atoms with Gasteiger partial charge in [-0.3, -0.25) is 10.1 Å². The summed E-state index contributed by atoms with van der Waals surface area (Å²) in [7, 11) is 0. The predicted molar refractivity (Wildman–Crippen MR) is 98.9 cm³/mol. The molecule has 0 saturated carbocycles. The maximum Gasteiger partial charge on any atom is 0.259 e. The Balaban J connectivity index is 1.82. The molecule has 4 rings (SSSR count). The number of nitrogens with one attached hydrogen (secondary N) is 2. The number of aliphatic imine (C=N–C) groups is 1. The van der Waals surface area contributed by atoms with Gasteiger partial charge in [-0.05, 0) is 54.6 Å². The molecule has 128 valence electrons. The van der Waals surface area contributed by atoms with Gasteiger partial charge in [-0.25, -0.2) is 4.99 Å². The van der Waals surface area contributed by atoms with E-state index in [1.807, 2.05) is 30.3 Å². The van der Waals surface area contributed by atoms with Crippen molar-refractivity contribution in [2.75, 3.05) is 13.1 Å². The molecule has 0 aromatic heterocycles. The molecule has 1 saturated heterocycles. The molecule has 2 heterocycles. The van der Waals surface area contributed by atoms with E-state index in [0.717, 1.165) is 42.6 Å². The Labute approximate surface area is 147 Å². The molecular formula is C20H22N4O. The molecule has 0 aliphatic carbocycles. The third-order valence-electron chi connectivity index (χ3n) is 5.22. The summed E-state index contributed by atoms with van der Waals surface area (Å²) in [6.45, 7) is 1.79. The smallest absolute Gasteiger partial charge is 0.259 e. The van der Waals surface area contributed by atoms with Crippen LogP contribution in [0, 0.1) is 5.92 Å². The van der Waals surface area contributed by atoms with Gasteiger partial charge in [-0.2, -0.15) is 0 Å². The number of piperidine rings is 1. The Kier molecular flexibility index (Phi) is 4.01. The van der Waals surface area contributed by atoms with Gasteiger partial charge in [0.15, 0.2) is 11.5 Å². The van der Waals surface area contributed by atoms with Crippen LogP contribution in [0.1, 0.15) is 18.4 Å². The van der Waals surface area contributed by atoms with Gasteiger partial charge >= 0.3 is 0 Å². The number of carbonyl (C=O) groups is 1. The molecule has 2 aliphatic heterocycles. The van der Waals surface area contributed by atoms with Crippen LogP contribution >= 0.6 is 0 Å². The molecule has 1 fully saturated rings. The molecule has 2 aromatic rings. The van der Waals surface area contributed by atoms with Crippen LogP contribution in [-0.2, 0) is 10.3 Å². The summed E-state index contributed by atoms with van der Waals surface area (Å²) >= 11 is 0. The van der Waals surface area contributed by atoms with E-state index >= 15 is 0 Å². The lowest BCUT2D eigenvalue weighted by Crippen LogP contribution is -2.47. The summed E-state index contributed by atoms with van der Waals surface area (Å²) in [4.78, 5) is 17.6. The molecule has 25 heavy (non-hydrogen) atoms. The topological polar surface area (TPSA) is 79.5 Å². The van der Waals surface area contributed by atoms with E-state index in [0.29, 0.717) is 0 Å². The number of hydrogen-bond acceptors (Lipinski definition) is 4. The van der Waals surface area contributed by atoms with E-state index in [2.05, 4.69) is 39.9 Å². The standard InChI is InChI=1S/C20H22N4O/c21-19-23-18(25)20(24-19,16-9-11-22-12-10-16)17-8-4-7-15(13-17)14-5-2-1-3-6-14/h1-8,13,16,22H,9-12H2,(H3,21,23,24,25). The Morgan fingerprint density at radius 1 is 1.00 bits per heavy atom. The van der Waals surface area contributed by atoms with Crippen molar-refractivity contribution in [3.8, 4) is 11.1 Å². The van der Waals surface area contributed by atoms with Crippen LogP contribution in [0.25, 0.3) is 11.1 Å². The van der Waals surface area contributed by atoms with E-state index in [1.165, 1.54) is 0 Å². The maximum atomic E-state index is 12.9. The second kappa shape index (κ2) is 6.33. The summed E-state index contributed by atoms with van der Waals surface area (Å²) in [5, 5.41) is 6.09. The molecule has 1 unspecified atom stereocenters. The van der Waals surface area contributed by atoms with Crippen LogP contribution in [0.2, 0.25) is 0 Å². The quantitative estimate of drug-likeness (QED) is 0.803. The number of benzene rings is 2. The van der Waals surface area contributed by atoms with Gasteiger partial charge in [-0.1, -0.05) is 48.5 Å². The highest BCUT2D eigenvalue weighted by molar-refractivity contribution is 6.07. The zero-order chi connectivity index (χ0) is 17.3. The van der Waals surface area contributed by atoms with E-state index in [1.54, 1.807) is 0 Å². The minimum atomic E-state index is -0.920. The fourth-order valence-electron chi connectivity index (χ4n) is 3.99. The molecule has 1 amide bonds. The van der Waals surface area contributed by atoms with Crippen LogP contribution in [0.4, 0.5) is 0 Å². The van der Waals surface area contributed by atoms with E-state index < -0.39 is 5.54 Å². The van der Waals surface area contributed by atoms with Crippen molar-refractivity contribution in [3.05, 3.63) is 60.2 Å². The van der Waals surface area contributed by atoms with Crippen molar-refractivity contribution >= 4 is 11.9 Å². The van der Waals surface area contributed by atoms with E-state index in [4.69, 9.17) is 5.73 Å². The zero-order valence-electron chi connectivity index (χ0n) is 14.0. The van der Waals surface area contributed by atoms with Gasteiger partial charge < -0.3 is 11.1 Å². The number of rotatable bonds is 3. The highest BCUT2D eigenvalue weighted by Gasteiger charge is 2.51. The Morgan fingerprint density at radius 3 is 2.40 bits per heavy atom. The van der Waals surface area contributed by atoms with Gasteiger partial charge in [0.05, 0.1) is 0 Å². The highest BCUT2D eigenvalue weighted by Crippen LogP contribution is 2.42. The molecule has 5 heteroatoms. The Hall–Kier alpha value is -2.66. The lowest BCUT2D eigenvalue weighted by molar-refractivity contribution is -0.126. The van der Waals surface area contributed by atoms with Crippen LogP contribution in [-0.4, -0.2) is 25.0 Å². The zero-order valence-corrected chi connectivity index (χ0v) is 14.0. The van der Waals surface area contributed by atoms with Gasteiger partial charge in [0.1, 0.15) is 0 Å². The number of nitrogens with two attached hydrogens (primary N) is 1. The van der Waals surface area contributed by atoms with Crippen molar-refractivity contribution in [2.45, 2.75) is 18.4 Å². The fourth-order valence-corrected chi connectivity index (χ4v) is 3.99. The highest BCUT2D eigenvalue weighted by atomic mass is 16.2. The molecule has 0 spiro atoms. The predicted octanol–water partition coefficient (Wildman–Crippen LogP) is 1.99. The first-order valence-electron chi connectivity index (χ1n) is 8.73. The molecule has 0 radical (unpaired) electrons. The van der Waals surface area contributed by atoms with E-state index in [-0.39, 0.29) is 17.8 Å². The largest absolute Gasteiger partial charge is 0.370 e. The second-order valence-electron chi connectivity index (χ2n) is 6.69. The first-order chi connectivity index (χ1) is 12.2. The van der Waals surface area contributed by atoms with Crippen LogP contribution in [0.5, 0.6) is 0 Å². The van der Waals surface area contributed by atoms with Crippen molar-refractivity contribution in [1.29, 1.82) is 0 Å². The average Bonchev–Trinajstić information content (AvgIpc) is 2.98. The molecule has 0 bridgehead atoms. The number of hydrogen-bond donors (Lipinski definition) is 3. The van der Waals surface area contributed by atoms with Crippen molar-refractivity contribution in [3.63, 3.8) is 0 Å². The van der Waals surface area contributed by atoms with Crippen LogP contribution in [0.3, 0.4) is 0 Å². The number of nitrogens with zero attached hydrogens (tertiary/aromatic N) is 1. The number of carbonyl (C=O) groups excluding carboxylic acids is 1. The summed E-state index contributed by atoms with van der Waals surface area (Å²) in [5.74, 6) is 0.247. The second-order valence-corrected chi connectivity index (χ2v) is 6.69. The van der Waals surface area contributed by atoms with Gasteiger partial charge in [0.2, 0.25) is 0 Å². The molecule has 2 aromatic carbocycles. The van der Waals surface area contributed by atoms with Gasteiger partial charge in [-0.15, -0.1) is 0 Å². The van der Waals surface area contributed by atoms with Gasteiger partial charge in [0, 0.05) is 0 Å². The normalized spacial score (nSPS) is 24.0. The van der Waals surface area contributed by atoms with Crippen molar-refractivity contribution in [1.82, 2.24) is 10.6 Å². The number of amides is 1. The fraction of sp³-hybridized carbons (Fsp3) is 0.300. The minimum absolute atomic E-state index is 0.109. The SMILES string of the molecule is NC1=NC(c2cccc(-c3ccccc3)c2)(C2CCNCC2)C(=O)N1. The van der Waals surface area contributed by atoms with E-state index in [9.17, 15) is 4.79 Å². The lowest BCUT2D eigenvalue weighted by atomic mass is 9.73. The summed E-state index contributed by atoms with van der Waals surface area (Å²) in [6, 6.07) is 18.3. The molecular weight excluding hydrogens is 312 g/mol. The monoisotopic (exact) mass is 334 g/mol. The number of guanidine groups is 1. The molecule has 5 nitrogen and oxygen atoms in total. The minimum Gasteiger partial charge on any atom is -0.370 e. The summed E-state index contributed by atoms with van der Waals surface area (Å²) in [6.07, 6.45) is 1.81. The van der Waals surface area contributed by atoms with Crippen molar-refractivity contribution in [2.24, 2.45) is 16.6 Å². The first kappa shape index (κ1) is 15.8. The van der Waals surface area contributed by atoms with Gasteiger partial charge in [0.25, 0.3) is 5.91 Å². The Morgan fingerprint density at radius 2 is 1.72 bits per heavy atom. The third kappa shape index (κ3) is 2.70. The lowest BCUT2D eigenvalue weighted by Gasteiger charge is -2.36. The van der Waals surface area contributed by atoms with Crippen LogP contribution in [0.15, 0.2) is 59.6 Å². The molecule has 4 N–H and O–H groups in total. The summed E-state index contributed by atoms with van der Waals surface area (Å²) in [5.41, 5.74) is 8.10. The van der Waals surface area contributed by atoms with Crippen molar-refractivity contribution < 1.29 is 4.79 Å². The molecule has 1 atom stereocenters. The first-order valence-corrected chi connectivity index (χ1v) is 8.73. The third-order valence-corrected chi connectivity index (χ3v) is 5.22. The summed E-state index contributed by atoms with van der Waals surface area (Å²) < 4.78 is 0. The Bertz CT molecular complexity index is 811. The average molecular weight is 334 g/mol. The van der Waals surface area contributed by atoms with Crippen LogP contribution < -0.4 is 16.4 Å². The molecule has 2 aliphatic rings.